The number of sulfonamides is 1. The number of hydrogen-bond acceptors (Lipinski definition) is 5. The molecule has 2 N–H and O–H groups in total. The maximum absolute atomic E-state index is 12.7. The van der Waals surface area contributed by atoms with Crippen LogP contribution < -0.4 is 10.3 Å². The Morgan fingerprint density at radius 1 is 1.22 bits per heavy atom. The average Bonchev–Trinajstić information content (AvgIpc) is 2.64. The zero-order chi connectivity index (χ0) is 19.3. The molecule has 6 nitrogen and oxygen atoms in total. The highest BCUT2D eigenvalue weighted by atomic mass is 32.2. The normalized spacial score (nSPS) is 20.5. The van der Waals surface area contributed by atoms with E-state index < -0.39 is 10.0 Å². The van der Waals surface area contributed by atoms with E-state index in [-0.39, 0.29) is 21.7 Å². The van der Waals surface area contributed by atoms with Gasteiger partial charge in [-0.1, -0.05) is 56.1 Å². The second-order valence-corrected chi connectivity index (χ2v) is 9.72. The Balaban J connectivity index is 1.77. The van der Waals surface area contributed by atoms with Crippen LogP contribution in [0.25, 0.3) is 0 Å². The molecule has 1 aromatic heterocycles. The summed E-state index contributed by atoms with van der Waals surface area (Å²) < 4.78 is 28.3. The first-order valence-corrected chi connectivity index (χ1v) is 11.7. The predicted octanol–water partition coefficient (Wildman–Crippen LogP) is 3.10. The summed E-state index contributed by atoms with van der Waals surface area (Å²) in [6.45, 7) is 2.05. The standard InChI is InChI=1S/C19H25N3O3S2/c1-2-8-14-13-18(23)21-19(20-14)26-17-12-7-6-11-16(17)22-27(24,25)15-9-4-3-5-10-15/h3-5,9-10,13,16-17,22H,2,6-8,11-12H2,1H3,(H,20,21,23)/t16-,17-/m0/s1. The summed E-state index contributed by atoms with van der Waals surface area (Å²) in [7, 11) is -3.57. The summed E-state index contributed by atoms with van der Waals surface area (Å²) >= 11 is 1.47. The van der Waals surface area contributed by atoms with Gasteiger partial charge in [0.15, 0.2) is 5.16 Å². The summed E-state index contributed by atoms with van der Waals surface area (Å²) in [6, 6.07) is 9.77. The number of nitrogens with zero attached hydrogens (tertiary/aromatic N) is 1. The monoisotopic (exact) mass is 407 g/mol. The van der Waals surface area contributed by atoms with Crippen molar-refractivity contribution < 1.29 is 8.42 Å². The lowest BCUT2D eigenvalue weighted by Gasteiger charge is -2.31. The highest BCUT2D eigenvalue weighted by molar-refractivity contribution is 7.99. The van der Waals surface area contributed by atoms with Crippen LogP contribution in [0.3, 0.4) is 0 Å². The third-order valence-electron chi connectivity index (χ3n) is 4.60. The highest BCUT2D eigenvalue weighted by Crippen LogP contribution is 2.33. The highest BCUT2D eigenvalue weighted by Gasteiger charge is 2.30. The molecule has 1 aliphatic rings. The van der Waals surface area contributed by atoms with Gasteiger partial charge in [-0.05, 0) is 31.4 Å². The van der Waals surface area contributed by atoms with Gasteiger partial charge in [0.2, 0.25) is 10.0 Å². The van der Waals surface area contributed by atoms with E-state index in [9.17, 15) is 13.2 Å². The molecule has 3 rings (SSSR count). The van der Waals surface area contributed by atoms with Crippen molar-refractivity contribution in [1.82, 2.24) is 14.7 Å². The van der Waals surface area contributed by atoms with Gasteiger partial charge in [-0.3, -0.25) is 4.79 Å². The Morgan fingerprint density at radius 3 is 2.70 bits per heavy atom. The maximum atomic E-state index is 12.7. The summed E-state index contributed by atoms with van der Waals surface area (Å²) in [5.74, 6) is 0. The molecule has 27 heavy (non-hydrogen) atoms. The molecule has 0 aliphatic heterocycles. The van der Waals surface area contributed by atoms with Gasteiger partial charge in [0, 0.05) is 23.1 Å². The first kappa shape index (κ1) is 20.1. The summed E-state index contributed by atoms with van der Waals surface area (Å²) in [4.78, 5) is 19.5. The van der Waals surface area contributed by atoms with E-state index in [0.29, 0.717) is 5.16 Å². The molecule has 2 atom stereocenters. The Labute approximate surface area is 164 Å². The smallest absolute Gasteiger partial charge is 0.251 e. The molecule has 1 heterocycles. The zero-order valence-electron chi connectivity index (χ0n) is 15.3. The van der Waals surface area contributed by atoms with Crippen LogP contribution in [-0.4, -0.2) is 29.7 Å². The van der Waals surface area contributed by atoms with Crippen molar-refractivity contribution in [1.29, 1.82) is 0 Å². The largest absolute Gasteiger partial charge is 0.301 e. The Hall–Kier alpha value is -1.64. The van der Waals surface area contributed by atoms with Gasteiger partial charge in [-0.25, -0.2) is 18.1 Å². The fourth-order valence-electron chi connectivity index (χ4n) is 3.31. The van der Waals surface area contributed by atoms with Crippen LogP contribution in [0.5, 0.6) is 0 Å². The van der Waals surface area contributed by atoms with E-state index in [0.717, 1.165) is 44.2 Å². The van der Waals surface area contributed by atoms with E-state index in [1.807, 2.05) is 6.92 Å². The van der Waals surface area contributed by atoms with E-state index in [1.165, 1.54) is 17.8 Å². The zero-order valence-corrected chi connectivity index (χ0v) is 17.0. The number of rotatable bonds is 7. The van der Waals surface area contributed by atoms with Crippen LogP contribution in [0.1, 0.15) is 44.7 Å². The summed E-state index contributed by atoms with van der Waals surface area (Å²) in [5.41, 5.74) is 0.620. The lowest BCUT2D eigenvalue weighted by Crippen LogP contribution is -2.43. The first-order valence-electron chi connectivity index (χ1n) is 9.32. The average molecular weight is 408 g/mol. The predicted molar refractivity (Wildman–Crippen MR) is 108 cm³/mol. The number of H-pyrrole nitrogens is 1. The molecule has 0 saturated heterocycles. The third kappa shape index (κ3) is 5.43. The molecule has 0 spiro atoms. The molecule has 0 bridgehead atoms. The summed E-state index contributed by atoms with van der Waals surface area (Å²) in [5, 5.41) is 0.610. The molecule has 0 amide bonds. The van der Waals surface area contributed by atoms with Gasteiger partial charge in [0.25, 0.3) is 5.56 Å². The molecule has 1 fully saturated rings. The van der Waals surface area contributed by atoms with E-state index in [2.05, 4.69) is 14.7 Å². The first-order chi connectivity index (χ1) is 13.0. The van der Waals surface area contributed by atoms with Gasteiger partial charge in [0.1, 0.15) is 0 Å². The van der Waals surface area contributed by atoms with Crippen LogP contribution in [-0.2, 0) is 16.4 Å². The maximum Gasteiger partial charge on any atom is 0.251 e. The fraction of sp³-hybridized carbons (Fsp3) is 0.474. The van der Waals surface area contributed by atoms with Crippen molar-refractivity contribution in [3.63, 3.8) is 0 Å². The molecule has 1 aliphatic carbocycles. The summed E-state index contributed by atoms with van der Waals surface area (Å²) in [6.07, 6.45) is 5.37. The molecule has 2 aromatic rings. The molecule has 1 aromatic carbocycles. The molecule has 0 radical (unpaired) electrons. The minimum absolute atomic E-state index is 0.0391. The van der Waals surface area contributed by atoms with Crippen molar-refractivity contribution in [2.45, 2.75) is 66.8 Å². The molecule has 146 valence electrons. The van der Waals surface area contributed by atoms with Gasteiger partial charge in [-0.15, -0.1) is 0 Å². The van der Waals surface area contributed by atoms with Crippen molar-refractivity contribution in [2.75, 3.05) is 0 Å². The van der Waals surface area contributed by atoms with Gasteiger partial charge < -0.3 is 4.98 Å². The molecular formula is C19H25N3O3S2. The quantitative estimate of drug-likeness (QED) is 0.688. The van der Waals surface area contributed by atoms with Crippen LogP contribution in [0.15, 0.2) is 51.2 Å². The van der Waals surface area contributed by atoms with E-state index in [4.69, 9.17) is 0 Å². The Morgan fingerprint density at radius 2 is 1.96 bits per heavy atom. The molecular weight excluding hydrogens is 382 g/mol. The second kappa shape index (κ2) is 9.03. The molecule has 0 unspecified atom stereocenters. The number of aromatic amines is 1. The van der Waals surface area contributed by atoms with Crippen molar-refractivity contribution in [3.05, 3.63) is 52.4 Å². The van der Waals surface area contributed by atoms with Crippen molar-refractivity contribution in [3.8, 4) is 0 Å². The van der Waals surface area contributed by atoms with E-state index >= 15 is 0 Å². The topological polar surface area (TPSA) is 91.9 Å². The second-order valence-electron chi connectivity index (χ2n) is 6.77. The van der Waals surface area contributed by atoms with Crippen LogP contribution in [0, 0.1) is 0 Å². The van der Waals surface area contributed by atoms with Gasteiger partial charge in [0.05, 0.1) is 4.90 Å². The lowest BCUT2D eigenvalue weighted by atomic mass is 9.96. The number of aromatic nitrogens is 2. The fourth-order valence-corrected chi connectivity index (χ4v) is 5.99. The van der Waals surface area contributed by atoms with Gasteiger partial charge in [-0.2, -0.15) is 0 Å². The molecule has 8 heteroatoms. The number of nitrogens with one attached hydrogen (secondary N) is 2. The third-order valence-corrected chi connectivity index (χ3v) is 7.39. The lowest BCUT2D eigenvalue weighted by molar-refractivity contribution is 0.422. The Kier molecular flexibility index (Phi) is 6.73. The van der Waals surface area contributed by atoms with Crippen molar-refractivity contribution >= 4 is 21.8 Å². The number of hydrogen-bond donors (Lipinski definition) is 2. The van der Waals surface area contributed by atoms with Crippen molar-refractivity contribution in [2.24, 2.45) is 0 Å². The van der Waals surface area contributed by atoms with Gasteiger partial charge >= 0.3 is 0 Å². The van der Waals surface area contributed by atoms with Crippen LogP contribution in [0.2, 0.25) is 0 Å². The minimum atomic E-state index is -3.57. The van der Waals surface area contributed by atoms with Crippen LogP contribution >= 0.6 is 11.8 Å². The van der Waals surface area contributed by atoms with E-state index in [1.54, 1.807) is 30.3 Å². The number of aryl methyl sites for hydroxylation is 1. The number of thioether (sulfide) groups is 1. The number of benzene rings is 1. The SMILES string of the molecule is CCCc1cc(=O)[nH]c(S[C@H]2CCCC[C@@H]2NS(=O)(=O)c2ccccc2)n1. The molecule has 1 saturated carbocycles. The Bertz CT molecular complexity index is 913. The van der Waals surface area contributed by atoms with Crippen LogP contribution in [0.4, 0.5) is 0 Å². The minimum Gasteiger partial charge on any atom is -0.301 e.